The van der Waals surface area contributed by atoms with Gasteiger partial charge in [-0.05, 0) is 0 Å². The number of carbonyl (C=O) groups is 1. The number of nitrogens with zero attached hydrogens (tertiary/aromatic N) is 2. The van der Waals surface area contributed by atoms with Gasteiger partial charge in [-0.15, -0.1) is 0 Å². The Labute approximate surface area is 54.4 Å². The molecule has 0 aliphatic carbocycles. The summed E-state index contributed by atoms with van der Waals surface area (Å²) in [5, 5.41) is 6.37. The first-order chi connectivity index (χ1) is 4.22. The van der Waals surface area contributed by atoms with E-state index in [2.05, 4.69) is 5.32 Å². The summed E-state index contributed by atoms with van der Waals surface area (Å²) in [7, 11) is 3.70. The second kappa shape index (κ2) is 2.33. The molecule has 52 valence electrons. The first-order valence-corrected chi connectivity index (χ1v) is 2.90. The molecule has 0 aromatic carbocycles. The maximum absolute atomic E-state index is 10.8. The van der Waals surface area contributed by atoms with E-state index in [1.54, 1.807) is 10.0 Å². The standard InChI is InChI=1S/C5H11N3O/c1-7(2)8-4-6-3-5(8)9/h6H,3-4H2,1-2H3. The fourth-order valence-electron chi connectivity index (χ4n) is 0.813. The number of rotatable bonds is 1. The van der Waals surface area contributed by atoms with Crippen LogP contribution in [0.4, 0.5) is 0 Å². The van der Waals surface area contributed by atoms with Crippen molar-refractivity contribution in [2.75, 3.05) is 27.3 Å². The summed E-state index contributed by atoms with van der Waals surface area (Å²) in [6, 6.07) is 0. The van der Waals surface area contributed by atoms with Gasteiger partial charge in [0.15, 0.2) is 0 Å². The van der Waals surface area contributed by atoms with E-state index in [-0.39, 0.29) is 5.91 Å². The maximum Gasteiger partial charge on any atom is 0.252 e. The van der Waals surface area contributed by atoms with Crippen molar-refractivity contribution in [3.05, 3.63) is 0 Å². The fraction of sp³-hybridized carbons (Fsp3) is 0.800. The highest BCUT2D eigenvalue weighted by Gasteiger charge is 2.20. The molecule has 1 aliphatic rings. The van der Waals surface area contributed by atoms with Crippen molar-refractivity contribution < 1.29 is 4.79 Å². The second-order valence-electron chi connectivity index (χ2n) is 2.23. The quantitative estimate of drug-likeness (QED) is 0.485. The van der Waals surface area contributed by atoms with Crippen LogP contribution in [0.2, 0.25) is 0 Å². The van der Waals surface area contributed by atoms with Gasteiger partial charge in [-0.2, -0.15) is 0 Å². The lowest BCUT2D eigenvalue weighted by atomic mass is 10.6. The third kappa shape index (κ3) is 1.20. The van der Waals surface area contributed by atoms with E-state index in [0.29, 0.717) is 13.2 Å². The van der Waals surface area contributed by atoms with E-state index in [1.165, 1.54) is 0 Å². The molecule has 0 aromatic heterocycles. The molecule has 4 nitrogen and oxygen atoms in total. The lowest BCUT2D eigenvalue weighted by Crippen LogP contribution is -2.38. The summed E-state index contributed by atoms with van der Waals surface area (Å²) in [5.41, 5.74) is 0. The summed E-state index contributed by atoms with van der Waals surface area (Å²) in [6.07, 6.45) is 0. The van der Waals surface area contributed by atoms with Gasteiger partial charge in [-0.3, -0.25) is 15.1 Å². The third-order valence-corrected chi connectivity index (χ3v) is 1.31. The van der Waals surface area contributed by atoms with Crippen LogP contribution in [0.15, 0.2) is 0 Å². The van der Waals surface area contributed by atoms with Crippen molar-refractivity contribution >= 4 is 5.91 Å². The Balaban J connectivity index is 2.49. The van der Waals surface area contributed by atoms with Gasteiger partial charge < -0.3 is 0 Å². The van der Waals surface area contributed by atoms with Crippen molar-refractivity contribution in [3.8, 4) is 0 Å². The summed E-state index contributed by atoms with van der Waals surface area (Å²) < 4.78 is 0. The minimum Gasteiger partial charge on any atom is -0.290 e. The molecule has 0 spiro atoms. The van der Waals surface area contributed by atoms with Crippen LogP contribution in [-0.4, -0.2) is 43.2 Å². The van der Waals surface area contributed by atoms with Crippen LogP contribution in [0, 0.1) is 0 Å². The molecule has 1 saturated heterocycles. The predicted molar refractivity (Wildman–Crippen MR) is 33.4 cm³/mol. The molecule has 4 heteroatoms. The Kier molecular flexibility index (Phi) is 1.68. The zero-order valence-corrected chi connectivity index (χ0v) is 5.72. The molecular weight excluding hydrogens is 118 g/mol. The smallest absolute Gasteiger partial charge is 0.252 e. The largest absolute Gasteiger partial charge is 0.290 e. The Morgan fingerprint density at radius 1 is 1.67 bits per heavy atom. The highest BCUT2D eigenvalue weighted by atomic mass is 16.2. The second-order valence-corrected chi connectivity index (χ2v) is 2.23. The van der Waals surface area contributed by atoms with Gasteiger partial charge in [0.1, 0.15) is 0 Å². The molecule has 1 amide bonds. The topological polar surface area (TPSA) is 35.6 Å². The molecule has 1 aliphatic heterocycles. The monoisotopic (exact) mass is 129 g/mol. The highest BCUT2D eigenvalue weighted by Crippen LogP contribution is 1.95. The van der Waals surface area contributed by atoms with Gasteiger partial charge in [0.05, 0.1) is 13.2 Å². The molecular formula is C5H11N3O. The van der Waals surface area contributed by atoms with Crippen LogP contribution >= 0.6 is 0 Å². The predicted octanol–water partition coefficient (Wildman–Crippen LogP) is -1.15. The first-order valence-electron chi connectivity index (χ1n) is 2.90. The van der Waals surface area contributed by atoms with Gasteiger partial charge in [0.2, 0.25) is 0 Å². The van der Waals surface area contributed by atoms with E-state index in [0.717, 1.165) is 0 Å². The van der Waals surface area contributed by atoms with Crippen LogP contribution in [0.3, 0.4) is 0 Å². The Morgan fingerprint density at radius 3 is 2.56 bits per heavy atom. The van der Waals surface area contributed by atoms with Gasteiger partial charge >= 0.3 is 0 Å². The van der Waals surface area contributed by atoms with E-state index < -0.39 is 0 Å². The van der Waals surface area contributed by atoms with Gasteiger partial charge in [0, 0.05) is 14.1 Å². The Bertz CT molecular complexity index is 123. The lowest BCUT2D eigenvalue weighted by Gasteiger charge is -2.21. The van der Waals surface area contributed by atoms with Crippen LogP contribution in [0.1, 0.15) is 0 Å². The fourth-order valence-corrected chi connectivity index (χ4v) is 0.813. The van der Waals surface area contributed by atoms with Crippen LogP contribution in [0.5, 0.6) is 0 Å². The zero-order valence-electron chi connectivity index (χ0n) is 5.72. The SMILES string of the molecule is CN(C)N1CNCC1=O. The molecule has 1 rings (SSSR count). The molecule has 0 unspecified atom stereocenters. The molecule has 9 heavy (non-hydrogen) atoms. The molecule has 1 fully saturated rings. The molecule has 1 heterocycles. The summed E-state index contributed by atoms with van der Waals surface area (Å²) in [5.74, 6) is 0.139. The summed E-state index contributed by atoms with van der Waals surface area (Å²) in [6.45, 7) is 1.12. The molecule has 0 saturated carbocycles. The van der Waals surface area contributed by atoms with Gasteiger partial charge in [-0.1, -0.05) is 0 Å². The number of amides is 1. The first kappa shape index (κ1) is 6.51. The molecule has 0 aromatic rings. The van der Waals surface area contributed by atoms with Crippen molar-refractivity contribution in [2.45, 2.75) is 0 Å². The van der Waals surface area contributed by atoms with Crippen LogP contribution in [-0.2, 0) is 4.79 Å². The van der Waals surface area contributed by atoms with Crippen molar-refractivity contribution in [2.24, 2.45) is 0 Å². The summed E-state index contributed by atoms with van der Waals surface area (Å²) in [4.78, 5) is 10.8. The van der Waals surface area contributed by atoms with Crippen molar-refractivity contribution in [1.29, 1.82) is 0 Å². The van der Waals surface area contributed by atoms with Crippen LogP contribution in [0.25, 0.3) is 0 Å². The van der Waals surface area contributed by atoms with Crippen LogP contribution < -0.4 is 5.32 Å². The Hall–Kier alpha value is -0.610. The van der Waals surface area contributed by atoms with E-state index in [4.69, 9.17) is 0 Å². The highest BCUT2D eigenvalue weighted by molar-refractivity contribution is 5.79. The minimum atomic E-state index is 0.139. The van der Waals surface area contributed by atoms with Gasteiger partial charge in [-0.25, -0.2) is 5.01 Å². The average molecular weight is 129 g/mol. The van der Waals surface area contributed by atoms with E-state index in [1.807, 2.05) is 14.1 Å². The zero-order chi connectivity index (χ0) is 6.85. The molecule has 0 bridgehead atoms. The van der Waals surface area contributed by atoms with Crippen molar-refractivity contribution in [3.63, 3.8) is 0 Å². The molecule has 0 atom stereocenters. The lowest BCUT2D eigenvalue weighted by molar-refractivity contribution is -0.138. The minimum absolute atomic E-state index is 0.139. The van der Waals surface area contributed by atoms with E-state index in [9.17, 15) is 4.79 Å². The normalized spacial score (nSPS) is 19.9. The third-order valence-electron chi connectivity index (χ3n) is 1.31. The molecule has 0 radical (unpaired) electrons. The number of hydrogen-bond donors (Lipinski definition) is 1. The number of carbonyl (C=O) groups excluding carboxylic acids is 1. The summed E-state index contributed by atoms with van der Waals surface area (Å²) >= 11 is 0. The van der Waals surface area contributed by atoms with Crippen molar-refractivity contribution in [1.82, 2.24) is 15.3 Å². The Morgan fingerprint density at radius 2 is 2.33 bits per heavy atom. The molecule has 1 N–H and O–H groups in total. The maximum atomic E-state index is 10.8. The average Bonchev–Trinajstić information content (AvgIpc) is 2.13. The van der Waals surface area contributed by atoms with Gasteiger partial charge in [0.25, 0.3) is 5.91 Å². The number of hydrazine groups is 1. The number of hydrogen-bond acceptors (Lipinski definition) is 3. The van der Waals surface area contributed by atoms with E-state index >= 15 is 0 Å². The number of nitrogens with one attached hydrogen (secondary N) is 1.